The fourth-order valence-corrected chi connectivity index (χ4v) is 2.11. The maximum Gasteiger partial charge on any atom is 0.142 e. The van der Waals surface area contributed by atoms with E-state index in [0.717, 1.165) is 11.8 Å². The minimum atomic E-state index is -0.389. The van der Waals surface area contributed by atoms with Crippen LogP contribution in [0.2, 0.25) is 0 Å². The molecule has 0 aliphatic rings. The Balaban J connectivity index is 2.15. The van der Waals surface area contributed by atoms with Crippen LogP contribution in [0.1, 0.15) is 0 Å². The Hall–Kier alpha value is -2.40. The van der Waals surface area contributed by atoms with Crippen molar-refractivity contribution < 1.29 is 4.39 Å². The normalized spacial score (nSPS) is 10.4. The van der Waals surface area contributed by atoms with E-state index in [4.69, 9.17) is 12.2 Å². The molecule has 1 aromatic carbocycles. The van der Waals surface area contributed by atoms with Gasteiger partial charge in [-0.1, -0.05) is 42.5 Å². The summed E-state index contributed by atoms with van der Waals surface area (Å²) in [5, 5.41) is 0. The second-order valence-electron chi connectivity index (χ2n) is 4.24. The summed E-state index contributed by atoms with van der Waals surface area (Å²) in [6.45, 7) is 0. The van der Waals surface area contributed by atoms with Crippen molar-refractivity contribution in [3.8, 4) is 22.6 Å². The van der Waals surface area contributed by atoms with E-state index in [1.165, 1.54) is 6.07 Å². The van der Waals surface area contributed by atoms with Crippen molar-refractivity contribution in [3.05, 3.63) is 65.3 Å². The molecule has 0 unspecified atom stereocenters. The standard InChI is InChI=1S/C15H10FN3S/c16-12-6-11(8-17-9-12)13-7-14(20)19-15(18-13)10-4-2-1-3-5-10/h1-9H,(H,18,19,20). The van der Waals surface area contributed by atoms with Gasteiger partial charge in [0.1, 0.15) is 16.3 Å². The summed E-state index contributed by atoms with van der Waals surface area (Å²) in [6.07, 6.45) is 2.75. The smallest absolute Gasteiger partial charge is 0.142 e. The zero-order valence-electron chi connectivity index (χ0n) is 10.4. The molecule has 0 radical (unpaired) electrons. The molecule has 0 atom stereocenters. The lowest BCUT2D eigenvalue weighted by molar-refractivity contribution is 0.622. The number of H-pyrrole nitrogens is 1. The van der Waals surface area contributed by atoms with E-state index in [1.54, 1.807) is 12.3 Å². The number of nitrogens with zero attached hydrogens (tertiary/aromatic N) is 2. The van der Waals surface area contributed by atoms with E-state index in [1.807, 2.05) is 30.3 Å². The van der Waals surface area contributed by atoms with Gasteiger partial charge in [0.2, 0.25) is 0 Å². The first-order chi connectivity index (χ1) is 9.72. The molecule has 1 N–H and O–H groups in total. The average molecular weight is 283 g/mol. The van der Waals surface area contributed by atoms with Gasteiger partial charge in [-0.15, -0.1) is 0 Å². The largest absolute Gasteiger partial charge is 0.339 e. The Morgan fingerprint density at radius 2 is 1.80 bits per heavy atom. The first-order valence-electron chi connectivity index (χ1n) is 6.00. The zero-order chi connectivity index (χ0) is 13.9. The van der Waals surface area contributed by atoms with Crippen LogP contribution in [0.3, 0.4) is 0 Å². The highest BCUT2D eigenvalue weighted by Gasteiger charge is 2.05. The third-order valence-electron chi connectivity index (χ3n) is 2.81. The van der Waals surface area contributed by atoms with Crippen molar-refractivity contribution in [2.45, 2.75) is 0 Å². The van der Waals surface area contributed by atoms with Gasteiger partial charge < -0.3 is 4.98 Å². The van der Waals surface area contributed by atoms with Gasteiger partial charge in [0.25, 0.3) is 0 Å². The quantitative estimate of drug-likeness (QED) is 0.723. The van der Waals surface area contributed by atoms with Gasteiger partial charge in [0, 0.05) is 17.3 Å². The second kappa shape index (κ2) is 5.30. The molecule has 0 amide bonds. The molecule has 0 fully saturated rings. The van der Waals surface area contributed by atoms with Gasteiger partial charge in [0.15, 0.2) is 0 Å². The fraction of sp³-hybridized carbons (Fsp3) is 0. The number of nitrogens with one attached hydrogen (secondary N) is 1. The van der Waals surface area contributed by atoms with Gasteiger partial charge in [-0.3, -0.25) is 4.98 Å². The molecule has 5 heteroatoms. The van der Waals surface area contributed by atoms with Gasteiger partial charge in [0.05, 0.1) is 11.9 Å². The van der Waals surface area contributed by atoms with Crippen LogP contribution in [0.5, 0.6) is 0 Å². The third-order valence-corrected chi connectivity index (χ3v) is 3.02. The zero-order valence-corrected chi connectivity index (χ0v) is 11.2. The molecule has 20 heavy (non-hydrogen) atoms. The number of aromatic nitrogens is 3. The summed E-state index contributed by atoms with van der Waals surface area (Å²) in [5.74, 6) is 0.261. The second-order valence-corrected chi connectivity index (χ2v) is 4.66. The van der Waals surface area contributed by atoms with Crippen molar-refractivity contribution in [2.24, 2.45) is 0 Å². The summed E-state index contributed by atoms with van der Waals surface area (Å²) in [6, 6.07) is 12.7. The molecular weight excluding hydrogens is 273 g/mol. The lowest BCUT2D eigenvalue weighted by Gasteiger charge is -2.06. The Kier molecular flexibility index (Phi) is 3.35. The number of halogens is 1. The Labute approximate surface area is 120 Å². The van der Waals surface area contributed by atoms with Gasteiger partial charge in [-0.2, -0.15) is 0 Å². The van der Waals surface area contributed by atoms with E-state index >= 15 is 0 Å². The minimum absolute atomic E-state index is 0.389. The summed E-state index contributed by atoms with van der Waals surface area (Å²) in [4.78, 5) is 11.3. The van der Waals surface area contributed by atoms with Crippen LogP contribution in [0.15, 0.2) is 54.9 Å². The monoisotopic (exact) mass is 283 g/mol. The van der Waals surface area contributed by atoms with Crippen molar-refractivity contribution in [3.63, 3.8) is 0 Å². The molecule has 3 nitrogen and oxygen atoms in total. The number of rotatable bonds is 2. The van der Waals surface area contributed by atoms with E-state index in [9.17, 15) is 4.39 Å². The van der Waals surface area contributed by atoms with E-state index in [-0.39, 0.29) is 5.82 Å². The van der Waals surface area contributed by atoms with Crippen LogP contribution in [-0.2, 0) is 0 Å². The van der Waals surface area contributed by atoms with Crippen LogP contribution >= 0.6 is 12.2 Å². The maximum atomic E-state index is 13.3. The molecule has 0 bridgehead atoms. The average Bonchev–Trinajstić information content (AvgIpc) is 2.47. The fourth-order valence-electron chi connectivity index (χ4n) is 1.90. The molecule has 98 valence electrons. The van der Waals surface area contributed by atoms with E-state index in [0.29, 0.717) is 21.7 Å². The maximum absolute atomic E-state index is 13.3. The Bertz CT molecular complexity index is 799. The topological polar surface area (TPSA) is 41.6 Å². The predicted molar refractivity (Wildman–Crippen MR) is 78.0 cm³/mol. The molecular formula is C15H10FN3S. The van der Waals surface area contributed by atoms with Gasteiger partial charge >= 0.3 is 0 Å². The van der Waals surface area contributed by atoms with Gasteiger partial charge in [-0.05, 0) is 12.1 Å². The summed E-state index contributed by atoms with van der Waals surface area (Å²) >= 11 is 5.17. The molecule has 0 aliphatic carbocycles. The van der Waals surface area contributed by atoms with E-state index < -0.39 is 0 Å². The summed E-state index contributed by atoms with van der Waals surface area (Å²) in [7, 11) is 0. The molecule has 3 aromatic rings. The predicted octanol–water partition coefficient (Wildman–Crippen LogP) is 4.01. The van der Waals surface area contributed by atoms with Crippen molar-refractivity contribution in [1.82, 2.24) is 15.0 Å². The molecule has 0 saturated heterocycles. The van der Waals surface area contributed by atoms with Gasteiger partial charge in [-0.25, -0.2) is 9.37 Å². The van der Waals surface area contributed by atoms with Crippen LogP contribution < -0.4 is 0 Å². The SMILES string of the molecule is Fc1cncc(-c2cc(=S)nc(-c3ccccc3)[nH]2)c1. The number of benzene rings is 1. The molecule has 0 aliphatic heterocycles. The summed E-state index contributed by atoms with van der Waals surface area (Å²) in [5.41, 5.74) is 2.25. The van der Waals surface area contributed by atoms with Crippen LogP contribution in [-0.4, -0.2) is 15.0 Å². The first-order valence-corrected chi connectivity index (χ1v) is 6.41. The molecule has 3 rings (SSSR count). The minimum Gasteiger partial charge on any atom is -0.339 e. The summed E-state index contributed by atoms with van der Waals surface area (Å²) < 4.78 is 13.7. The Morgan fingerprint density at radius 1 is 1.00 bits per heavy atom. The molecule has 2 heterocycles. The van der Waals surface area contributed by atoms with Crippen molar-refractivity contribution in [2.75, 3.05) is 0 Å². The van der Waals surface area contributed by atoms with Crippen molar-refractivity contribution >= 4 is 12.2 Å². The Morgan fingerprint density at radius 3 is 2.55 bits per heavy atom. The number of pyridine rings is 1. The number of hydrogen-bond acceptors (Lipinski definition) is 3. The molecule has 0 saturated carbocycles. The number of hydrogen-bond donors (Lipinski definition) is 1. The van der Waals surface area contributed by atoms with Crippen LogP contribution in [0, 0.1) is 10.5 Å². The van der Waals surface area contributed by atoms with Crippen LogP contribution in [0.25, 0.3) is 22.6 Å². The molecule has 0 spiro atoms. The highest BCUT2D eigenvalue weighted by molar-refractivity contribution is 7.71. The van der Waals surface area contributed by atoms with E-state index in [2.05, 4.69) is 15.0 Å². The number of aromatic amines is 1. The molecule has 2 aromatic heterocycles. The third kappa shape index (κ3) is 2.62. The van der Waals surface area contributed by atoms with Crippen LogP contribution in [0.4, 0.5) is 4.39 Å². The highest BCUT2D eigenvalue weighted by atomic mass is 32.1. The lowest BCUT2D eigenvalue weighted by Crippen LogP contribution is -1.93. The lowest BCUT2D eigenvalue weighted by atomic mass is 10.2. The first kappa shape index (κ1) is 12.6. The highest BCUT2D eigenvalue weighted by Crippen LogP contribution is 2.21. The van der Waals surface area contributed by atoms with Crippen molar-refractivity contribution in [1.29, 1.82) is 0 Å².